The summed E-state index contributed by atoms with van der Waals surface area (Å²) >= 11 is 0. The van der Waals surface area contributed by atoms with Crippen molar-refractivity contribution in [3.63, 3.8) is 0 Å². The summed E-state index contributed by atoms with van der Waals surface area (Å²) in [5.74, 6) is 1.83. The molecule has 36 heavy (non-hydrogen) atoms. The SMILES string of the molecule is c1ccc2c(c1)Oc1ccc(-c3ccccc3-n3c4ccccc4c4ccccc43)c3cccc-2c13. The molecule has 0 amide bonds. The Morgan fingerprint density at radius 2 is 1.00 bits per heavy atom. The summed E-state index contributed by atoms with van der Waals surface area (Å²) in [5, 5.41) is 4.91. The van der Waals surface area contributed by atoms with Crippen molar-refractivity contribution in [2.24, 2.45) is 0 Å². The Hall–Kier alpha value is -4.82. The molecule has 0 saturated carbocycles. The molecule has 6 aromatic carbocycles. The van der Waals surface area contributed by atoms with Crippen LogP contribution in [0.2, 0.25) is 0 Å². The Labute approximate surface area is 208 Å². The molecule has 0 spiro atoms. The molecular formula is C34H21NO. The minimum atomic E-state index is 0.913. The van der Waals surface area contributed by atoms with E-state index in [0.29, 0.717) is 0 Å². The maximum absolute atomic E-state index is 6.35. The van der Waals surface area contributed by atoms with Gasteiger partial charge in [-0.25, -0.2) is 0 Å². The maximum Gasteiger partial charge on any atom is 0.135 e. The number of benzene rings is 6. The fourth-order valence-corrected chi connectivity index (χ4v) is 5.89. The van der Waals surface area contributed by atoms with Gasteiger partial charge in [0.05, 0.1) is 16.7 Å². The van der Waals surface area contributed by atoms with Crippen LogP contribution in [0, 0.1) is 0 Å². The zero-order chi connectivity index (χ0) is 23.6. The maximum atomic E-state index is 6.35. The number of fused-ring (bicyclic) bond motifs is 5. The summed E-state index contributed by atoms with van der Waals surface area (Å²) in [6, 6.07) is 45.3. The Balaban J connectivity index is 1.45. The summed E-state index contributed by atoms with van der Waals surface area (Å²) < 4.78 is 8.76. The number of para-hydroxylation sites is 4. The zero-order valence-corrected chi connectivity index (χ0v) is 19.5. The lowest BCUT2D eigenvalue weighted by Crippen LogP contribution is -2.00. The van der Waals surface area contributed by atoms with Gasteiger partial charge in [-0.3, -0.25) is 0 Å². The molecule has 2 heterocycles. The number of rotatable bonds is 2. The van der Waals surface area contributed by atoms with Crippen LogP contribution in [-0.2, 0) is 0 Å². The Kier molecular flexibility index (Phi) is 3.97. The summed E-state index contributed by atoms with van der Waals surface area (Å²) in [4.78, 5) is 0. The molecule has 0 unspecified atom stereocenters. The van der Waals surface area contributed by atoms with E-state index in [1.807, 2.05) is 12.1 Å². The highest BCUT2D eigenvalue weighted by atomic mass is 16.5. The van der Waals surface area contributed by atoms with Gasteiger partial charge in [0.1, 0.15) is 11.5 Å². The number of nitrogens with zero attached hydrogens (tertiary/aromatic N) is 1. The standard InChI is InChI=1S/C34H21NO/c1-5-16-29(35-30-17-6-2-11-24(30)25-12-3-7-18-31(25)35)23(10-1)22-20-21-33-34-27(22)14-9-15-28(34)26-13-4-8-19-32(26)36-33/h1-21H. The van der Waals surface area contributed by atoms with Gasteiger partial charge < -0.3 is 9.30 Å². The van der Waals surface area contributed by atoms with E-state index in [1.165, 1.54) is 55.0 Å². The summed E-state index contributed by atoms with van der Waals surface area (Å²) in [5.41, 5.74) is 8.37. The summed E-state index contributed by atoms with van der Waals surface area (Å²) in [6.45, 7) is 0. The van der Waals surface area contributed by atoms with Crippen LogP contribution >= 0.6 is 0 Å². The van der Waals surface area contributed by atoms with E-state index in [0.717, 1.165) is 17.1 Å². The third-order valence-electron chi connectivity index (χ3n) is 7.41. The monoisotopic (exact) mass is 459 g/mol. The van der Waals surface area contributed by atoms with Gasteiger partial charge in [-0.1, -0.05) is 91.0 Å². The molecule has 2 nitrogen and oxygen atoms in total. The normalized spacial score (nSPS) is 12.1. The predicted molar refractivity (Wildman–Crippen MR) is 149 cm³/mol. The lowest BCUT2D eigenvalue weighted by molar-refractivity contribution is 0.487. The Morgan fingerprint density at radius 1 is 0.389 bits per heavy atom. The van der Waals surface area contributed by atoms with Gasteiger partial charge in [-0.2, -0.15) is 0 Å². The second-order valence-corrected chi connectivity index (χ2v) is 9.32. The highest BCUT2D eigenvalue weighted by molar-refractivity contribution is 6.12. The molecule has 1 aromatic heterocycles. The Bertz CT molecular complexity index is 1920. The van der Waals surface area contributed by atoms with Crippen LogP contribution in [0.4, 0.5) is 0 Å². The van der Waals surface area contributed by atoms with Gasteiger partial charge in [0.15, 0.2) is 0 Å². The Morgan fingerprint density at radius 3 is 1.81 bits per heavy atom. The van der Waals surface area contributed by atoms with Crippen molar-refractivity contribution in [2.75, 3.05) is 0 Å². The molecule has 2 heteroatoms. The molecule has 1 aliphatic rings. The largest absolute Gasteiger partial charge is 0.456 e. The molecule has 7 aromatic rings. The van der Waals surface area contributed by atoms with Crippen molar-refractivity contribution in [1.29, 1.82) is 0 Å². The molecule has 0 fully saturated rings. The fourth-order valence-electron chi connectivity index (χ4n) is 5.89. The smallest absolute Gasteiger partial charge is 0.135 e. The van der Waals surface area contributed by atoms with Crippen molar-refractivity contribution in [3.05, 3.63) is 127 Å². The molecular weight excluding hydrogens is 438 g/mol. The van der Waals surface area contributed by atoms with Gasteiger partial charge in [-0.05, 0) is 52.9 Å². The fraction of sp³-hybridized carbons (Fsp3) is 0. The average Bonchev–Trinajstić information content (AvgIpc) is 3.28. The van der Waals surface area contributed by atoms with Crippen LogP contribution in [0.25, 0.3) is 60.5 Å². The van der Waals surface area contributed by atoms with Crippen molar-refractivity contribution < 1.29 is 4.74 Å². The predicted octanol–water partition coefficient (Wildman–Crippen LogP) is 9.38. The van der Waals surface area contributed by atoms with E-state index in [4.69, 9.17) is 4.74 Å². The minimum Gasteiger partial charge on any atom is -0.456 e. The van der Waals surface area contributed by atoms with Gasteiger partial charge in [0.25, 0.3) is 0 Å². The third kappa shape index (κ3) is 2.61. The first-order valence-electron chi connectivity index (χ1n) is 12.3. The minimum absolute atomic E-state index is 0.913. The van der Waals surface area contributed by atoms with Crippen LogP contribution < -0.4 is 4.74 Å². The first-order valence-corrected chi connectivity index (χ1v) is 12.3. The second-order valence-electron chi connectivity index (χ2n) is 9.32. The molecule has 0 atom stereocenters. The van der Waals surface area contributed by atoms with E-state index in [-0.39, 0.29) is 0 Å². The van der Waals surface area contributed by atoms with Crippen LogP contribution in [0.3, 0.4) is 0 Å². The topological polar surface area (TPSA) is 14.2 Å². The van der Waals surface area contributed by atoms with E-state index in [2.05, 4.69) is 120 Å². The van der Waals surface area contributed by atoms with Crippen molar-refractivity contribution in [1.82, 2.24) is 4.57 Å². The zero-order valence-electron chi connectivity index (χ0n) is 19.5. The molecule has 168 valence electrons. The number of hydrogen-bond donors (Lipinski definition) is 0. The highest BCUT2D eigenvalue weighted by Crippen LogP contribution is 2.49. The van der Waals surface area contributed by atoms with Gasteiger partial charge in [0.2, 0.25) is 0 Å². The molecule has 0 radical (unpaired) electrons. The third-order valence-corrected chi connectivity index (χ3v) is 7.41. The summed E-state index contributed by atoms with van der Waals surface area (Å²) in [7, 11) is 0. The number of hydrogen-bond acceptors (Lipinski definition) is 1. The summed E-state index contributed by atoms with van der Waals surface area (Å²) in [6.07, 6.45) is 0. The van der Waals surface area contributed by atoms with E-state index in [1.54, 1.807) is 0 Å². The molecule has 0 bridgehead atoms. The van der Waals surface area contributed by atoms with Crippen molar-refractivity contribution >= 4 is 32.6 Å². The quantitative estimate of drug-likeness (QED) is 0.251. The van der Waals surface area contributed by atoms with Crippen LogP contribution in [-0.4, -0.2) is 4.57 Å². The van der Waals surface area contributed by atoms with Gasteiger partial charge in [0, 0.05) is 27.3 Å². The van der Waals surface area contributed by atoms with Crippen molar-refractivity contribution in [2.45, 2.75) is 0 Å². The molecule has 1 aliphatic heterocycles. The number of ether oxygens (including phenoxy) is 1. The van der Waals surface area contributed by atoms with Crippen LogP contribution in [0.5, 0.6) is 11.5 Å². The molecule has 0 saturated heterocycles. The second kappa shape index (κ2) is 7.34. The first kappa shape index (κ1) is 19.5. The van der Waals surface area contributed by atoms with E-state index < -0.39 is 0 Å². The molecule has 8 rings (SSSR count). The molecule has 0 N–H and O–H groups in total. The molecule has 0 aliphatic carbocycles. The van der Waals surface area contributed by atoms with Gasteiger partial charge >= 0.3 is 0 Å². The van der Waals surface area contributed by atoms with E-state index in [9.17, 15) is 0 Å². The van der Waals surface area contributed by atoms with Crippen LogP contribution in [0.1, 0.15) is 0 Å². The van der Waals surface area contributed by atoms with Crippen LogP contribution in [0.15, 0.2) is 127 Å². The van der Waals surface area contributed by atoms with E-state index >= 15 is 0 Å². The number of aromatic nitrogens is 1. The van der Waals surface area contributed by atoms with Gasteiger partial charge in [-0.15, -0.1) is 0 Å². The average molecular weight is 460 g/mol. The highest BCUT2D eigenvalue weighted by Gasteiger charge is 2.22. The lowest BCUT2D eigenvalue weighted by atomic mass is 9.90. The lowest BCUT2D eigenvalue weighted by Gasteiger charge is -2.23. The first-order chi connectivity index (χ1) is 17.9. The van der Waals surface area contributed by atoms with Crippen molar-refractivity contribution in [3.8, 4) is 39.4 Å².